The van der Waals surface area contributed by atoms with Gasteiger partial charge in [0.25, 0.3) is 5.91 Å². The van der Waals surface area contributed by atoms with Gasteiger partial charge in [-0.1, -0.05) is 31.9 Å². The Labute approximate surface area is 217 Å². The third-order valence-electron chi connectivity index (χ3n) is 5.35. The molecule has 1 N–H and O–H groups in total. The number of nitrogens with one attached hydrogen (secondary N) is 1. The number of thiophene rings is 1. The lowest BCUT2D eigenvalue weighted by Crippen LogP contribution is -2.16. The Hall–Kier alpha value is -2.67. The standard InChI is InChI=1S/C25H20Br2N2O4S/c1-2-32-25(31)22-17-5-3-4-6-21(17)34-24(22)29-23(30)14(13-28)11-16-8-10-20(33-16)18-12-15(26)7-9-19(18)27/h7-12H,2-6H2,1H3,(H,29,30)/b14-11-. The molecular formula is C25H20Br2N2O4S. The Morgan fingerprint density at radius 2 is 2.03 bits per heavy atom. The van der Waals surface area contributed by atoms with Crippen molar-refractivity contribution in [2.45, 2.75) is 32.6 Å². The SMILES string of the molecule is CCOC(=O)c1c(NC(=O)/C(C#N)=C\c2ccc(-c3cc(Br)ccc3Br)o2)sc2c1CCCC2. The van der Waals surface area contributed by atoms with Crippen molar-refractivity contribution >= 4 is 66.2 Å². The van der Waals surface area contributed by atoms with Crippen LogP contribution in [0.25, 0.3) is 17.4 Å². The number of nitriles is 1. The van der Waals surface area contributed by atoms with Gasteiger partial charge in [0.2, 0.25) is 0 Å². The third-order valence-corrected chi connectivity index (χ3v) is 7.74. The number of ether oxygens (including phenoxy) is 1. The van der Waals surface area contributed by atoms with Crippen molar-refractivity contribution in [3.8, 4) is 17.4 Å². The predicted octanol–water partition coefficient (Wildman–Crippen LogP) is 7.13. The highest BCUT2D eigenvalue weighted by atomic mass is 79.9. The van der Waals surface area contributed by atoms with Crippen LogP contribution in [0.5, 0.6) is 0 Å². The molecule has 1 aromatic carbocycles. The number of carbonyl (C=O) groups excluding carboxylic acids is 2. The lowest BCUT2D eigenvalue weighted by molar-refractivity contribution is -0.112. The molecule has 0 aliphatic heterocycles. The number of rotatable bonds is 6. The summed E-state index contributed by atoms with van der Waals surface area (Å²) in [6.45, 7) is 1.99. The zero-order chi connectivity index (χ0) is 24.2. The summed E-state index contributed by atoms with van der Waals surface area (Å²) >= 11 is 8.33. The van der Waals surface area contributed by atoms with Gasteiger partial charge in [0.05, 0.1) is 12.2 Å². The van der Waals surface area contributed by atoms with Crippen LogP contribution in [-0.2, 0) is 22.4 Å². The molecule has 1 amide bonds. The summed E-state index contributed by atoms with van der Waals surface area (Å²) in [5.41, 5.74) is 2.06. The van der Waals surface area contributed by atoms with Gasteiger partial charge >= 0.3 is 5.97 Å². The molecule has 0 saturated carbocycles. The van der Waals surface area contributed by atoms with E-state index in [1.807, 2.05) is 24.3 Å². The summed E-state index contributed by atoms with van der Waals surface area (Å²) < 4.78 is 12.9. The number of carbonyl (C=O) groups is 2. The van der Waals surface area contributed by atoms with Crippen LogP contribution in [0.1, 0.15) is 46.3 Å². The fourth-order valence-corrected chi connectivity index (χ4v) is 5.87. The van der Waals surface area contributed by atoms with Gasteiger partial charge in [-0.05, 0) is 68.5 Å². The highest BCUT2D eigenvalue weighted by molar-refractivity contribution is 9.11. The van der Waals surface area contributed by atoms with Crippen molar-refractivity contribution in [2.75, 3.05) is 11.9 Å². The molecule has 6 nitrogen and oxygen atoms in total. The van der Waals surface area contributed by atoms with Crippen LogP contribution in [0.4, 0.5) is 5.00 Å². The first-order chi connectivity index (χ1) is 16.4. The largest absolute Gasteiger partial charge is 0.462 e. The minimum absolute atomic E-state index is 0.129. The quantitative estimate of drug-likeness (QED) is 0.184. The van der Waals surface area contributed by atoms with Gasteiger partial charge in [-0.25, -0.2) is 4.79 Å². The Morgan fingerprint density at radius 1 is 1.24 bits per heavy atom. The zero-order valence-corrected chi connectivity index (χ0v) is 22.2. The summed E-state index contributed by atoms with van der Waals surface area (Å²) in [5, 5.41) is 12.8. The van der Waals surface area contributed by atoms with Crippen LogP contribution in [0, 0.1) is 11.3 Å². The van der Waals surface area contributed by atoms with Crippen LogP contribution < -0.4 is 5.32 Å². The highest BCUT2D eigenvalue weighted by Crippen LogP contribution is 2.39. The smallest absolute Gasteiger partial charge is 0.341 e. The predicted molar refractivity (Wildman–Crippen MR) is 139 cm³/mol. The van der Waals surface area contributed by atoms with Crippen LogP contribution >= 0.6 is 43.2 Å². The van der Waals surface area contributed by atoms with Crippen LogP contribution in [0.2, 0.25) is 0 Å². The molecule has 2 heterocycles. The second-order valence-electron chi connectivity index (χ2n) is 7.59. The second kappa shape index (κ2) is 10.7. The van der Waals surface area contributed by atoms with Crippen LogP contribution in [-0.4, -0.2) is 18.5 Å². The molecule has 0 radical (unpaired) electrons. The molecule has 0 atom stereocenters. The summed E-state index contributed by atoms with van der Waals surface area (Å²) in [7, 11) is 0. The minimum Gasteiger partial charge on any atom is -0.462 e. The van der Waals surface area contributed by atoms with E-state index in [4.69, 9.17) is 9.15 Å². The van der Waals surface area contributed by atoms with E-state index in [0.717, 1.165) is 50.6 Å². The Balaban J connectivity index is 1.61. The maximum atomic E-state index is 13.0. The summed E-state index contributed by atoms with van der Waals surface area (Å²) in [6.07, 6.45) is 5.06. The van der Waals surface area contributed by atoms with E-state index in [9.17, 15) is 14.9 Å². The van der Waals surface area contributed by atoms with E-state index in [0.29, 0.717) is 22.1 Å². The lowest BCUT2D eigenvalue weighted by Gasteiger charge is -2.12. The number of esters is 1. The molecule has 3 aromatic rings. The molecule has 1 aliphatic rings. The number of halogens is 2. The van der Waals surface area contributed by atoms with E-state index >= 15 is 0 Å². The van der Waals surface area contributed by atoms with Crippen molar-refractivity contribution in [3.05, 3.63) is 66.6 Å². The van der Waals surface area contributed by atoms with E-state index in [1.54, 1.807) is 19.1 Å². The number of hydrogen-bond acceptors (Lipinski definition) is 6. The first-order valence-electron chi connectivity index (χ1n) is 10.7. The number of anilines is 1. The van der Waals surface area contributed by atoms with E-state index in [2.05, 4.69) is 37.2 Å². The van der Waals surface area contributed by atoms with Crippen molar-refractivity contribution in [3.63, 3.8) is 0 Å². The first kappa shape index (κ1) is 24.5. The zero-order valence-electron chi connectivity index (χ0n) is 18.2. The number of benzene rings is 1. The fourth-order valence-electron chi connectivity index (χ4n) is 3.80. The van der Waals surface area contributed by atoms with E-state index in [-0.39, 0.29) is 12.2 Å². The van der Waals surface area contributed by atoms with Gasteiger partial charge in [0.15, 0.2) is 0 Å². The number of amides is 1. The number of furan rings is 1. The van der Waals surface area contributed by atoms with Crippen molar-refractivity contribution in [1.29, 1.82) is 5.26 Å². The van der Waals surface area contributed by atoms with Crippen molar-refractivity contribution in [2.24, 2.45) is 0 Å². The van der Waals surface area contributed by atoms with Gasteiger partial charge in [0, 0.05) is 25.5 Å². The summed E-state index contributed by atoms with van der Waals surface area (Å²) in [4.78, 5) is 26.7. The van der Waals surface area contributed by atoms with Gasteiger partial charge in [0.1, 0.15) is 28.2 Å². The molecule has 9 heteroatoms. The second-order valence-corrected chi connectivity index (χ2v) is 10.5. The molecule has 2 aromatic heterocycles. The normalized spacial score (nSPS) is 13.2. The number of fused-ring (bicyclic) bond motifs is 1. The van der Waals surface area contributed by atoms with Crippen molar-refractivity contribution < 1.29 is 18.7 Å². The molecule has 34 heavy (non-hydrogen) atoms. The lowest BCUT2D eigenvalue weighted by atomic mass is 9.95. The average molecular weight is 604 g/mol. The van der Waals surface area contributed by atoms with Gasteiger partial charge in [-0.2, -0.15) is 5.26 Å². The summed E-state index contributed by atoms with van der Waals surface area (Å²) in [5.74, 6) is -0.0967. The van der Waals surface area contributed by atoms with E-state index < -0.39 is 11.9 Å². The molecule has 0 spiro atoms. The van der Waals surface area contributed by atoms with Gasteiger partial charge < -0.3 is 14.5 Å². The third kappa shape index (κ3) is 5.19. The van der Waals surface area contributed by atoms with Gasteiger partial charge in [-0.15, -0.1) is 11.3 Å². The highest BCUT2D eigenvalue weighted by Gasteiger charge is 2.28. The molecular weight excluding hydrogens is 584 g/mol. The molecule has 0 unspecified atom stereocenters. The fraction of sp³-hybridized carbons (Fsp3) is 0.240. The van der Waals surface area contributed by atoms with Gasteiger partial charge in [-0.3, -0.25) is 4.79 Å². The molecule has 1 aliphatic carbocycles. The Morgan fingerprint density at radius 3 is 2.79 bits per heavy atom. The molecule has 0 bridgehead atoms. The maximum absolute atomic E-state index is 13.0. The van der Waals surface area contributed by atoms with Crippen molar-refractivity contribution in [1.82, 2.24) is 0 Å². The number of aryl methyl sites for hydroxylation is 1. The van der Waals surface area contributed by atoms with Crippen LogP contribution in [0.3, 0.4) is 0 Å². The molecule has 4 rings (SSSR count). The average Bonchev–Trinajstić information content (AvgIpc) is 3.43. The molecule has 0 fully saturated rings. The maximum Gasteiger partial charge on any atom is 0.341 e. The summed E-state index contributed by atoms with van der Waals surface area (Å²) in [6, 6.07) is 11.1. The number of hydrogen-bond donors (Lipinski definition) is 1. The molecule has 0 saturated heterocycles. The Kier molecular flexibility index (Phi) is 7.71. The first-order valence-corrected chi connectivity index (χ1v) is 13.1. The van der Waals surface area contributed by atoms with E-state index in [1.165, 1.54) is 17.4 Å². The Bertz CT molecular complexity index is 1330. The number of nitrogens with zero attached hydrogens (tertiary/aromatic N) is 1. The topological polar surface area (TPSA) is 92.3 Å². The monoisotopic (exact) mass is 602 g/mol. The van der Waals surface area contributed by atoms with Crippen LogP contribution in [0.15, 0.2) is 49.3 Å². The minimum atomic E-state index is -0.603. The molecule has 174 valence electrons.